The molecule has 1 aromatic heterocycles. The normalized spacial score (nSPS) is 12.6. The minimum Gasteiger partial charge on any atom is -0.480 e. The van der Waals surface area contributed by atoms with Gasteiger partial charge in [-0.25, -0.2) is 0 Å². The Morgan fingerprint density at radius 2 is 2.04 bits per heavy atom. The van der Waals surface area contributed by atoms with Crippen LogP contribution >= 0.6 is 24.0 Å². The Hall–Kier alpha value is -2.54. The highest BCUT2D eigenvalue weighted by molar-refractivity contribution is 6.32. The summed E-state index contributed by atoms with van der Waals surface area (Å²) in [4.78, 5) is 26.2. The van der Waals surface area contributed by atoms with E-state index in [0.29, 0.717) is 23.7 Å². The first-order valence-corrected chi connectivity index (χ1v) is 8.55. The van der Waals surface area contributed by atoms with Gasteiger partial charge in [0.05, 0.1) is 12.1 Å². The smallest absolute Gasteiger partial charge is 0.317 e. The summed E-state index contributed by atoms with van der Waals surface area (Å²) in [5.74, 6) is -1.00. The first-order valence-electron chi connectivity index (χ1n) is 8.17. The molecule has 0 aliphatic carbocycles. The van der Waals surface area contributed by atoms with Crippen LogP contribution in [-0.2, 0) is 17.9 Å². The highest BCUT2D eigenvalue weighted by Crippen LogP contribution is 2.34. The summed E-state index contributed by atoms with van der Waals surface area (Å²) in [6.45, 7) is 0.838. The molecule has 0 radical (unpaired) electrons. The van der Waals surface area contributed by atoms with Crippen LogP contribution in [-0.4, -0.2) is 28.5 Å². The molecule has 6 nitrogen and oxygen atoms in total. The van der Waals surface area contributed by atoms with Gasteiger partial charge in [-0.1, -0.05) is 23.7 Å². The Balaban J connectivity index is 0.00000210. The van der Waals surface area contributed by atoms with Crippen molar-refractivity contribution in [1.29, 1.82) is 0 Å². The number of aromatic nitrogens is 1. The summed E-state index contributed by atoms with van der Waals surface area (Å²) < 4.78 is 0. The number of H-pyrrole nitrogens is 1. The standard InChI is InChI=1S/C19H16ClN3O3.ClH/c20-14-3-2-12(18-13(14)8-22-19(18)26)16-6-11-5-10(1-4-15(11)23-16)7-21-9-17(24)25;/h1-6,21,23H,7-9H2,(H,22,26)(H,24,25);1H. The minimum atomic E-state index is -0.884. The Bertz CT molecular complexity index is 1050. The summed E-state index contributed by atoms with van der Waals surface area (Å²) in [5, 5.41) is 16.0. The number of aromatic amines is 1. The van der Waals surface area contributed by atoms with Crippen LogP contribution in [0.25, 0.3) is 22.2 Å². The summed E-state index contributed by atoms with van der Waals surface area (Å²) in [6.07, 6.45) is 0. The number of carbonyl (C=O) groups is 2. The number of fused-ring (bicyclic) bond motifs is 2. The quantitative estimate of drug-likeness (QED) is 0.523. The van der Waals surface area contributed by atoms with Gasteiger partial charge in [-0.2, -0.15) is 0 Å². The molecule has 0 saturated carbocycles. The van der Waals surface area contributed by atoms with E-state index in [4.69, 9.17) is 16.7 Å². The highest BCUT2D eigenvalue weighted by Gasteiger charge is 2.26. The average molecular weight is 406 g/mol. The third-order valence-electron chi connectivity index (χ3n) is 4.49. The number of carboxylic acids is 1. The predicted octanol–water partition coefficient (Wildman–Crippen LogP) is 3.33. The van der Waals surface area contributed by atoms with Crippen LogP contribution in [0.4, 0.5) is 0 Å². The van der Waals surface area contributed by atoms with Crippen LogP contribution in [0.5, 0.6) is 0 Å². The molecule has 4 N–H and O–H groups in total. The van der Waals surface area contributed by atoms with E-state index in [1.165, 1.54) is 0 Å². The van der Waals surface area contributed by atoms with Crippen molar-refractivity contribution >= 4 is 46.8 Å². The van der Waals surface area contributed by atoms with Gasteiger partial charge in [0, 0.05) is 45.8 Å². The maximum Gasteiger partial charge on any atom is 0.317 e. The molecule has 1 amide bonds. The first kappa shape index (κ1) is 19.2. The number of carboxylic acid groups (broad SMARTS) is 1. The van der Waals surface area contributed by atoms with E-state index in [-0.39, 0.29) is 24.9 Å². The summed E-state index contributed by atoms with van der Waals surface area (Å²) in [7, 11) is 0. The third-order valence-corrected chi connectivity index (χ3v) is 4.84. The fraction of sp³-hybridized carbons (Fsp3) is 0.158. The fourth-order valence-electron chi connectivity index (χ4n) is 3.29. The lowest BCUT2D eigenvalue weighted by molar-refractivity contribution is -0.136. The molecule has 0 saturated heterocycles. The van der Waals surface area contributed by atoms with Crippen molar-refractivity contribution in [2.75, 3.05) is 6.54 Å². The van der Waals surface area contributed by atoms with Crippen LogP contribution in [0.15, 0.2) is 36.4 Å². The second-order valence-electron chi connectivity index (χ2n) is 6.23. The van der Waals surface area contributed by atoms with Crippen LogP contribution < -0.4 is 10.6 Å². The van der Waals surface area contributed by atoms with Gasteiger partial charge in [0.1, 0.15) is 0 Å². The van der Waals surface area contributed by atoms with Crippen molar-refractivity contribution in [2.45, 2.75) is 13.1 Å². The molecule has 4 rings (SSSR count). The third kappa shape index (κ3) is 3.64. The van der Waals surface area contributed by atoms with Crippen LogP contribution in [0.2, 0.25) is 5.02 Å². The van der Waals surface area contributed by atoms with Crippen molar-refractivity contribution in [1.82, 2.24) is 15.6 Å². The molecular weight excluding hydrogens is 389 g/mol. The second kappa shape index (κ2) is 7.60. The minimum absolute atomic E-state index is 0. The molecule has 0 bridgehead atoms. The zero-order chi connectivity index (χ0) is 18.3. The lowest BCUT2D eigenvalue weighted by Gasteiger charge is -2.06. The van der Waals surface area contributed by atoms with Crippen LogP contribution in [0, 0.1) is 0 Å². The summed E-state index contributed by atoms with van der Waals surface area (Å²) >= 11 is 6.21. The van der Waals surface area contributed by atoms with Crippen molar-refractivity contribution in [2.24, 2.45) is 0 Å². The molecule has 2 aromatic carbocycles. The van der Waals surface area contributed by atoms with Crippen molar-refractivity contribution in [3.05, 3.63) is 58.1 Å². The number of carbonyl (C=O) groups excluding carboxylic acids is 1. The number of rotatable bonds is 5. The average Bonchev–Trinajstić information content (AvgIpc) is 3.19. The van der Waals surface area contributed by atoms with E-state index in [0.717, 1.165) is 33.3 Å². The molecule has 0 fully saturated rings. The van der Waals surface area contributed by atoms with Crippen molar-refractivity contribution in [3.63, 3.8) is 0 Å². The Kier molecular flexibility index (Phi) is 5.41. The number of aliphatic carboxylic acids is 1. The number of halogens is 2. The monoisotopic (exact) mass is 405 g/mol. The van der Waals surface area contributed by atoms with Crippen molar-refractivity contribution in [3.8, 4) is 11.3 Å². The van der Waals surface area contributed by atoms with E-state index >= 15 is 0 Å². The number of nitrogens with one attached hydrogen (secondary N) is 3. The molecule has 0 unspecified atom stereocenters. The Morgan fingerprint density at radius 1 is 1.22 bits per heavy atom. The van der Waals surface area contributed by atoms with Gasteiger partial charge in [0.15, 0.2) is 0 Å². The van der Waals surface area contributed by atoms with Crippen LogP contribution in [0.1, 0.15) is 21.5 Å². The Labute approximate surface area is 166 Å². The molecule has 27 heavy (non-hydrogen) atoms. The van der Waals surface area contributed by atoms with E-state index in [9.17, 15) is 9.59 Å². The largest absolute Gasteiger partial charge is 0.480 e. The molecular formula is C19H17Cl2N3O3. The lowest BCUT2D eigenvalue weighted by Crippen LogP contribution is -2.21. The molecule has 1 aliphatic heterocycles. The molecule has 0 atom stereocenters. The van der Waals surface area contributed by atoms with Gasteiger partial charge < -0.3 is 20.7 Å². The Morgan fingerprint density at radius 3 is 2.81 bits per heavy atom. The predicted molar refractivity (Wildman–Crippen MR) is 107 cm³/mol. The molecule has 8 heteroatoms. The van der Waals surface area contributed by atoms with E-state index < -0.39 is 5.97 Å². The van der Waals surface area contributed by atoms with Crippen molar-refractivity contribution < 1.29 is 14.7 Å². The lowest BCUT2D eigenvalue weighted by atomic mass is 10.0. The molecule has 140 valence electrons. The van der Waals surface area contributed by atoms with E-state index in [2.05, 4.69) is 15.6 Å². The zero-order valence-corrected chi connectivity index (χ0v) is 15.7. The van der Waals surface area contributed by atoms with Gasteiger partial charge in [-0.3, -0.25) is 9.59 Å². The maximum atomic E-state index is 12.2. The van der Waals surface area contributed by atoms with E-state index in [1.54, 1.807) is 0 Å². The van der Waals surface area contributed by atoms with Gasteiger partial charge in [0.2, 0.25) is 0 Å². The summed E-state index contributed by atoms with van der Waals surface area (Å²) in [6, 6.07) is 11.5. The number of amides is 1. The maximum absolute atomic E-state index is 12.2. The molecule has 0 spiro atoms. The van der Waals surface area contributed by atoms with Crippen LogP contribution in [0.3, 0.4) is 0 Å². The van der Waals surface area contributed by atoms with Gasteiger partial charge in [0.25, 0.3) is 5.91 Å². The molecule has 1 aliphatic rings. The molecule has 3 aromatic rings. The fourth-order valence-corrected chi connectivity index (χ4v) is 3.51. The van der Waals surface area contributed by atoms with Gasteiger partial charge >= 0.3 is 5.97 Å². The number of hydrogen-bond donors (Lipinski definition) is 4. The topological polar surface area (TPSA) is 94.2 Å². The number of hydrogen-bond acceptors (Lipinski definition) is 3. The highest BCUT2D eigenvalue weighted by atomic mass is 35.5. The number of benzene rings is 2. The SMILES string of the molecule is Cl.O=C(O)CNCc1ccc2[nH]c(-c3ccc(Cl)c4c3C(=O)NC4)cc2c1. The second-order valence-corrected chi connectivity index (χ2v) is 6.64. The molecule has 2 heterocycles. The van der Waals surface area contributed by atoms with Gasteiger partial charge in [-0.15, -0.1) is 12.4 Å². The van der Waals surface area contributed by atoms with Gasteiger partial charge in [-0.05, 0) is 29.8 Å². The van der Waals surface area contributed by atoms with E-state index in [1.807, 2.05) is 36.4 Å². The zero-order valence-electron chi connectivity index (χ0n) is 14.1. The summed E-state index contributed by atoms with van der Waals surface area (Å²) in [5.41, 5.74) is 5.05. The first-order chi connectivity index (χ1) is 12.5.